The van der Waals surface area contributed by atoms with Crippen LogP contribution in [0.25, 0.3) is 0 Å². The van der Waals surface area contributed by atoms with Crippen molar-refractivity contribution in [2.75, 3.05) is 12.0 Å². The summed E-state index contributed by atoms with van der Waals surface area (Å²) < 4.78 is 6.25. The number of anilines is 1. The third-order valence-electron chi connectivity index (χ3n) is 7.61. The standard InChI is InChI=1S/C27H36N4O4/c1-6-18-7-11-20(12-8-18)28-26(34)27(4)16-30-23(15-22(29-30)25(33)35-5)24(32)31(27)21-13-9-19(10-14-21)17(2)3/h9-10,13-15,17-18,20H,6-8,11-12,16H2,1-5H3,(H,28,34). The number of nitrogens with one attached hydrogen (secondary N) is 1. The maximum atomic E-state index is 13.8. The number of fused-ring (bicyclic) bond motifs is 1. The van der Waals surface area contributed by atoms with Crippen molar-refractivity contribution in [3.8, 4) is 0 Å². The molecule has 1 saturated carbocycles. The van der Waals surface area contributed by atoms with Crippen LogP contribution in [0.5, 0.6) is 0 Å². The van der Waals surface area contributed by atoms with Crippen LogP contribution in [0.2, 0.25) is 0 Å². The summed E-state index contributed by atoms with van der Waals surface area (Å²) in [5, 5.41) is 7.53. The van der Waals surface area contributed by atoms with Gasteiger partial charge in [0.1, 0.15) is 11.2 Å². The molecule has 1 unspecified atom stereocenters. The summed E-state index contributed by atoms with van der Waals surface area (Å²) in [6.45, 7) is 8.34. The first-order valence-electron chi connectivity index (χ1n) is 12.6. The van der Waals surface area contributed by atoms with Gasteiger partial charge in [-0.1, -0.05) is 39.3 Å². The fourth-order valence-corrected chi connectivity index (χ4v) is 5.25. The topological polar surface area (TPSA) is 93.5 Å². The van der Waals surface area contributed by atoms with E-state index in [-0.39, 0.29) is 35.8 Å². The molecule has 1 aromatic carbocycles. The number of esters is 1. The lowest BCUT2D eigenvalue weighted by Crippen LogP contribution is -2.65. The average Bonchev–Trinajstić information content (AvgIpc) is 3.28. The number of hydrogen-bond donors (Lipinski definition) is 1. The van der Waals surface area contributed by atoms with E-state index < -0.39 is 11.5 Å². The number of methoxy groups -OCH3 is 1. The summed E-state index contributed by atoms with van der Waals surface area (Å²) >= 11 is 0. The van der Waals surface area contributed by atoms with Crippen LogP contribution in [0, 0.1) is 5.92 Å². The number of amides is 2. The maximum Gasteiger partial charge on any atom is 0.358 e. The zero-order valence-corrected chi connectivity index (χ0v) is 21.3. The Bertz CT molecular complexity index is 1100. The number of benzene rings is 1. The first kappa shape index (κ1) is 24.9. The van der Waals surface area contributed by atoms with Gasteiger partial charge < -0.3 is 10.1 Å². The van der Waals surface area contributed by atoms with E-state index in [1.165, 1.54) is 17.9 Å². The molecule has 2 heterocycles. The Morgan fingerprint density at radius 3 is 2.40 bits per heavy atom. The van der Waals surface area contributed by atoms with Gasteiger partial charge in [-0.2, -0.15) is 5.10 Å². The lowest BCUT2D eigenvalue weighted by atomic mass is 9.84. The number of hydrogen-bond acceptors (Lipinski definition) is 5. The largest absolute Gasteiger partial charge is 0.464 e. The van der Waals surface area contributed by atoms with Gasteiger partial charge in [0.05, 0.1) is 13.7 Å². The molecule has 2 aromatic rings. The van der Waals surface area contributed by atoms with E-state index in [1.54, 1.807) is 11.8 Å². The minimum Gasteiger partial charge on any atom is -0.464 e. The molecule has 8 heteroatoms. The molecule has 1 aliphatic carbocycles. The van der Waals surface area contributed by atoms with Gasteiger partial charge >= 0.3 is 5.97 Å². The molecule has 1 fully saturated rings. The first-order chi connectivity index (χ1) is 16.7. The quantitative estimate of drug-likeness (QED) is 0.623. The third-order valence-corrected chi connectivity index (χ3v) is 7.61. The van der Waals surface area contributed by atoms with Crippen molar-refractivity contribution in [3.63, 3.8) is 0 Å². The molecule has 1 aromatic heterocycles. The van der Waals surface area contributed by atoms with E-state index in [0.29, 0.717) is 17.5 Å². The van der Waals surface area contributed by atoms with Crippen LogP contribution in [0.1, 0.15) is 92.3 Å². The van der Waals surface area contributed by atoms with Crippen LogP contribution in [-0.4, -0.2) is 46.3 Å². The molecule has 1 atom stereocenters. The molecule has 0 bridgehead atoms. The van der Waals surface area contributed by atoms with Gasteiger partial charge in [-0.25, -0.2) is 4.79 Å². The number of carbonyl (C=O) groups excluding carboxylic acids is 3. The number of nitrogens with zero attached hydrogens (tertiary/aromatic N) is 3. The Morgan fingerprint density at radius 2 is 1.83 bits per heavy atom. The molecule has 0 spiro atoms. The number of aromatic nitrogens is 2. The Labute approximate surface area is 207 Å². The second-order valence-corrected chi connectivity index (χ2v) is 10.3. The van der Waals surface area contributed by atoms with Gasteiger partial charge in [-0.3, -0.25) is 19.2 Å². The van der Waals surface area contributed by atoms with Crippen LogP contribution in [0.15, 0.2) is 30.3 Å². The minimum atomic E-state index is -1.22. The summed E-state index contributed by atoms with van der Waals surface area (Å²) in [5.41, 5.74) is 0.874. The molecule has 1 N–H and O–H groups in total. The molecule has 2 aliphatic rings. The highest BCUT2D eigenvalue weighted by molar-refractivity contribution is 6.12. The molecule has 2 amide bonds. The second-order valence-electron chi connectivity index (χ2n) is 10.3. The molecule has 1 aliphatic heterocycles. The Kier molecular flexibility index (Phi) is 7.01. The van der Waals surface area contributed by atoms with Gasteiger partial charge in [0.25, 0.3) is 5.91 Å². The fraction of sp³-hybridized carbons (Fsp3) is 0.556. The average molecular weight is 481 g/mol. The van der Waals surface area contributed by atoms with Crippen molar-refractivity contribution >= 4 is 23.5 Å². The van der Waals surface area contributed by atoms with Crippen LogP contribution in [0.3, 0.4) is 0 Å². The molecule has 0 saturated heterocycles. The Hall–Kier alpha value is -3.16. The number of ether oxygens (including phenoxy) is 1. The molecule has 188 valence electrons. The van der Waals surface area contributed by atoms with E-state index in [2.05, 4.69) is 31.2 Å². The highest BCUT2D eigenvalue weighted by Crippen LogP contribution is 2.34. The highest BCUT2D eigenvalue weighted by atomic mass is 16.5. The van der Waals surface area contributed by atoms with Crippen molar-refractivity contribution in [2.45, 2.75) is 83.8 Å². The zero-order chi connectivity index (χ0) is 25.3. The predicted octanol–water partition coefficient (Wildman–Crippen LogP) is 4.30. The van der Waals surface area contributed by atoms with Gasteiger partial charge in [0.2, 0.25) is 5.91 Å². The smallest absolute Gasteiger partial charge is 0.358 e. The van der Waals surface area contributed by atoms with Crippen LogP contribution in [0.4, 0.5) is 5.69 Å². The van der Waals surface area contributed by atoms with E-state index in [9.17, 15) is 14.4 Å². The lowest BCUT2D eigenvalue weighted by Gasteiger charge is -2.44. The normalized spacial score (nSPS) is 24.3. The van der Waals surface area contributed by atoms with E-state index in [4.69, 9.17) is 4.74 Å². The van der Waals surface area contributed by atoms with Gasteiger partial charge in [-0.05, 0) is 62.1 Å². The lowest BCUT2D eigenvalue weighted by molar-refractivity contribution is -0.127. The predicted molar refractivity (Wildman–Crippen MR) is 133 cm³/mol. The fourth-order valence-electron chi connectivity index (χ4n) is 5.25. The van der Waals surface area contributed by atoms with E-state index in [1.807, 2.05) is 24.3 Å². The van der Waals surface area contributed by atoms with Crippen molar-refractivity contribution in [1.29, 1.82) is 0 Å². The third kappa shape index (κ3) is 4.70. The second kappa shape index (κ2) is 9.84. The number of carbonyl (C=O) groups is 3. The minimum absolute atomic E-state index is 0.0495. The van der Waals surface area contributed by atoms with Gasteiger partial charge in [0, 0.05) is 17.8 Å². The molecule has 8 nitrogen and oxygen atoms in total. The Morgan fingerprint density at radius 1 is 1.17 bits per heavy atom. The molecule has 4 rings (SSSR count). The Balaban J connectivity index is 1.70. The summed E-state index contributed by atoms with van der Waals surface area (Å²) in [7, 11) is 1.27. The highest BCUT2D eigenvalue weighted by Gasteiger charge is 2.49. The summed E-state index contributed by atoms with van der Waals surface area (Å²) in [6.07, 6.45) is 5.25. The monoisotopic (exact) mass is 480 g/mol. The van der Waals surface area contributed by atoms with Crippen molar-refractivity contribution in [2.24, 2.45) is 5.92 Å². The van der Waals surface area contributed by atoms with Crippen LogP contribution >= 0.6 is 0 Å². The molecular weight excluding hydrogens is 444 g/mol. The summed E-state index contributed by atoms with van der Waals surface area (Å²) in [5.74, 6) is -0.137. The molecular formula is C27H36N4O4. The van der Waals surface area contributed by atoms with Crippen molar-refractivity contribution in [1.82, 2.24) is 15.1 Å². The zero-order valence-electron chi connectivity index (χ0n) is 21.3. The molecule has 35 heavy (non-hydrogen) atoms. The maximum absolute atomic E-state index is 13.8. The van der Waals surface area contributed by atoms with Crippen molar-refractivity contribution < 1.29 is 19.1 Å². The van der Waals surface area contributed by atoms with Gasteiger partial charge in [0.15, 0.2) is 5.69 Å². The summed E-state index contributed by atoms with van der Waals surface area (Å²) in [4.78, 5) is 41.3. The van der Waals surface area contributed by atoms with E-state index >= 15 is 0 Å². The first-order valence-corrected chi connectivity index (χ1v) is 12.6. The van der Waals surface area contributed by atoms with Crippen LogP contribution < -0.4 is 10.2 Å². The van der Waals surface area contributed by atoms with Crippen molar-refractivity contribution in [3.05, 3.63) is 47.3 Å². The van der Waals surface area contributed by atoms with Gasteiger partial charge in [-0.15, -0.1) is 0 Å². The number of rotatable bonds is 6. The van der Waals surface area contributed by atoms with Crippen LogP contribution in [-0.2, 0) is 16.1 Å². The summed E-state index contributed by atoms with van der Waals surface area (Å²) in [6, 6.07) is 9.28. The molecule has 0 radical (unpaired) electrons. The SMILES string of the molecule is CCC1CCC(NC(=O)C2(C)Cn3nc(C(=O)OC)cc3C(=O)N2c2ccc(C(C)C)cc2)CC1. The van der Waals surface area contributed by atoms with E-state index in [0.717, 1.165) is 37.7 Å².